The van der Waals surface area contributed by atoms with Crippen LogP contribution in [0.15, 0.2) is 97.1 Å². The summed E-state index contributed by atoms with van der Waals surface area (Å²) in [5.74, 6) is -1.74. The average molecular weight is 659 g/mol. The molecule has 0 aliphatic heterocycles. The third-order valence-electron chi connectivity index (χ3n) is 7.40. The van der Waals surface area contributed by atoms with Gasteiger partial charge in [-0.05, 0) is 88.5 Å². The van der Waals surface area contributed by atoms with E-state index in [0.717, 1.165) is 33.4 Å². The molecule has 2 amide bonds. The van der Waals surface area contributed by atoms with Crippen LogP contribution in [0.4, 0.5) is 5.69 Å². The van der Waals surface area contributed by atoms with Gasteiger partial charge in [-0.15, -0.1) is 0 Å². The number of carbonyl (C=O) groups excluding carboxylic acids is 2. The predicted octanol–water partition coefficient (Wildman–Crippen LogP) is 7.96. The third kappa shape index (κ3) is 10.1. The Bertz CT molecular complexity index is 1830. The Morgan fingerprint density at radius 1 is 0.935 bits per heavy atom. The predicted molar refractivity (Wildman–Crippen MR) is 187 cm³/mol. The van der Waals surface area contributed by atoms with Crippen molar-refractivity contribution in [1.82, 2.24) is 5.32 Å². The zero-order valence-corrected chi connectivity index (χ0v) is 28.0. The molecule has 0 aromatic heterocycles. The van der Waals surface area contributed by atoms with Crippen LogP contribution < -0.4 is 10.6 Å². The molecule has 0 aliphatic rings. The highest BCUT2D eigenvalue weighted by molar-refractivity contribution is 7.85. The van der Waals surface area contributed by atoms with E-state index in [4.69, 9.17) is 16.2 Å². The molecule has 46 heavy (non-hydrogen) atoms. The van der Waals surface area contributed by atoms with Crippen molar-refractivity contribution in [3.8, 4) is 11.1 Å². The maximum absolute atomic E-state index is 14.0. The van der Waals surface area contributed by atoms with Crippen LogP contribution >= 0.6 is 11.6 Å². The van der Waals surface area contributed by atoms with E-state index in [0.29, 0.717) is 22.7 Å². The van der Waals surface area contributed by atoms with Gasteiger partial charge in [0, 0.05) is 22.8 Å². The number of aryl methyl sites for hydroxylation is 1. The third-order valence-corrected chi connectivity index (χ3v) is 8.36. The van der Waals surface area contributed by atoms with E-state index in [-0.39, 0.29) is 17.9 Å². The molecule has 1 atom stereocenters. The van der Waals surface area contributed by atoms with Crippen molar-refractivity contribution in [1.29, 1.82) is 0 Å². The lowest BCUT2D eigenvalue weighted by Crippen LogP contribution is -2.28. The number of hydrogen-bond acceptors (Lipinski definition) is 4. The molecule has 4 aromatic rings. The monoisotopic (exact) mass is 658 g/mol. The number of allylic oxidation sites excluding steroid dienone is 1. The Morgan fingerprint density at radius 3 is 2.24 bits per heavy atom. The summed E-state index contributed by atoms with van der Waals surface area (Å²) in [5, 5.41) is 6.28. The van der Waals surface area contributed by atoms with E-state index in [1.807, 2.05) is 73.7 Å². The summed E-state index contributed by atoms with van der Waals surface area (Å²) >= 11 is 6.14. The van der Waals surface area contributed by atoms with Crippen molar-refractivity contribution in [2.75, 3.05) is 17.6 Å². The molecule has 3 N–H and O–H groups in total. The van der Waals surface area contributed by atoms with Crippen LogP contribution in [0.1, 0.15) is 59.3 Å². The van der Waals surface area contributed by atoms with E-state index in [1.54, 1.807) is 24.3 Å². The lowest BCUT2D eigenvalue weighted by molar-refractivity contribution is -0.117. The van der Waals surface area contributed by atoms with Gasteiger partial charge in [0.25, 0.3) is 16.0 Å². The number of anilines is 1. The smallest absolute Gasteiger partial charge is 0.266 e. The molecule has 0 bridgehead atoms. The van der Waals surface area contributed by atoms with Crippen molar-refractivity contribution in [3.63, 3.8) is 0 Å². The first kappa shape index (κ1) is 34.6. The second kappa shape index (κ2) is 14.9. The van der Waals surface area contributed by atoms with Gasteiger partial charge in [-0.3, -0.25) is 14.1 Å². The van der Waals surface area contributed by atoms with Crippen molar-refractivity contribution >= 4 is 45.3 Å². The van der Waals surface area contributed by atoms with Gasteiger partial charge in [0.15, 0.2) is 0 Å². The lowest BCUT2D eigenvalue weighted by Gasteiger charge is -2.21. The van der Waals surface area contributed by atoms with Crippen molar-refractivity contribution in [2.45, 2.75) is 40.0 Å². The summed E-state index contributed by atoms with van der Waals surface area (Å²) in [7, 11) is -4.18. The Kier molecular flexibility index (Phi) is 11.2. The van der Waals surface area contributed by atoms with Gasteiger partial charge >= 0.3 is 0 Å². The molecule has 0 saturated carbocycles. The highest BCUT2D eigenvalue weighted by Gasteiger charge is 2.24. The van der Waals surface area contributed by atoms with E-state index >= 15 is 0 Å². The average Bonchev–Trinajstić information content (AvgIpc) is 2.99. The second-order valence-corrected chi connectivity index (χ2v) is 14.4. The van der Waals surface area contributed by atoms with Crippen molar-refractivity contribution < 1.29 is 22.6 Å². The molecule has 4 rings (SSSR count). The molecular formula is C37H39ClN2O5S. The summed E-state index contributed by atoms with van der Waals surface area (Å²) in [4.78, 5) is 26.5. The van der Waals surface area contributed by atoms with Crippen LogP contribution in [0.5, 0.6) is 0 Å². The van der Waals surface area contributed by atoms with Gasteiger partial charge in [-0.2, -0.15) is 8.42 Å². The molecule has 7 nitrogen and oxygen atoms in total. The number of amides is 2. The van der Waals surface area contributed by atoms with Crippen LogP contribution in [0.3, 0.4) is 0 Å². The first-order valence-corrected chi connectivity index (χ1v) is 17.0. The molecule has 0 aliphatic carbocycles. The number of hydrogen-bond donors (Lipinski definition) is 3. The molecule has 0 radical (unpaired) electrons. The van der Waals surface area contributed by atoms with Gasteiger partial charge in [0.05, 0.1) is 11.7 Å². The van der Waals surface area contributed by atoms with Gasteiger partial charge in [-0.1, -0.05) is 99.1 Å². The van der Waals surface area contributed by atoms with E-state index < -0.39 is 27.7 Å². The summed E-state index contributed by atoms with van der Waals surface area (Å²) in [6, 6.07) is 28.2. The zero-order valence-electron chi connectivity index (χ0n) is 26.4. The van der Waals surface area contributed by atoms with Crippen molar-refractivity contribution in [2.24, 2.45) is 5.41 Å². The standard InChI is InChI=1S/C37H39ClN2O5S/c1-25-23-30(38)15-18-32(25)28-13-16-31(17-14-28)40-36(42)34(33-8-6-5-7-27(33)19-20-37(2,3)4)24-26-9-11-29(12-10-26)35(41)39-21-22-46(43,44)45/h5-20,23,34H,21-22,24H2,1-4H3,(H,39,41)(H,40,42)(H,43,44,45)/b20-19+/t34-/m1/s1. The minimum atomic E-state index is -4.18. The Hall–Kier alpha value is -4.24. The topological polar surface area (TPSA) is 113 Å². The van der Waals surface area contributed by atoms with Crippen molar-refractivity contribution in [3.05, 3.63) is 130 Å². The minimum absolute atomic E-state index is 0.0488. The molecule has 0 spiro atoms. The summed E-state index contributed by atoms with van der Waals surface area (Å²) in [6.07, 6.45) is 4.55. The van der Waals surface area contributed by atoms with E-state index in [2.05, 4.69) is 43.6 Å². The number of halogens is 1. The number of nitrogens with one attached hydrogen (secondary N) is 2. The largest absolute Gasteiger partial charge is 0.351 e. The molecule has 0 heterocycles. The summed E-state index contributed by atoms with van der Waals surface area (Å²) in [6.45, 7) is 8.15. The molecular weight excluding hydrogens is 620 g/mol. The van der Waals surface area contributed by atoms with Crippen LogP contribution in [-0.4, -0.2) is 37.1 Å². The fraction of sp³-hybridized carbons (Fsp3) is 0.243. The van der Waals surface area contributed by atoms with Crippen LogP contribution in [0.2, 0.25) is 5.02 Å². The Balaban J connectivity index is 1.59. The fourth-order valence-corrected chi connectivity index (χ4v) is 5.59. The number of rotatable bonds is 11. The second-order valence-electron chi connectivity index (χ2n) is 12.3. The molecule has 4 aromatic carbocycles. The van der Waals surface area contributed by atoms with E-state index in [9.17, 15) is 18.0 Å². The maximum Gasteiger partial charge on any atom is 0.266 e. The molecule has 240 valence electrons. The van der Waals surface area contributed by atoms with Gasteiger partial charge in [0.2, 0.25) is 5.91 Å². The lowest BCUT2D eigenvalue weighted by atomic mass is 9.86. The maximum atomic E-state index is 14.0. The highest BCUT2D eigenvalue weighted by Crippen LogP contribution is 2.30. The molecule has 0 fully saturated rings. The fourth-order valence-electron chi connectivity index (χ4n) is 5.00. The molecule has 0 unspecified atom stereocenters. The summed E-state index contributed by atoms with van der Waals surface area (Å²) in [5.41, 5.74) is 6.77. The highest BCUT2D eigenvalue weighted by atomic mass is 35.5. The quantitative estimate of drug-likeness (QED) is 0.142. The first-order valence-electron chi connectivity index (χ1n) is 15.0. The van der Waals surface area contributed by atoms with Gasteiger partial charge in [0.1, 0.15) is 0 Å². The van der Waals surface area contributed by atoms with E-state index in [1.165, 1.54) is 0 Å². The Morgan fingerprint density at radius 2 is 1.61 bits per heavy atom. The summed E-state index contributed by atoms with van der Waals surface area (Å²) < 4.78 is 30.8. The minimum Gasteiger partial charge on any atom is -0.351 e. The SMILES string of the molecule is Cc1cc(Cl)ccc1-c1ccc(NC(=O)[C@H](Cc2ccc(C(=O)NCCS(=O)(=O)O)cc2)c2ccccc2/C=C/C(C)(C)C)cc1. The van der Waals surface area contributed by atoms with Crippen LogP contribution in [0.25, 0.3) is 17.2 Å². The molecule has 0 saturated heterocycles. The zero-order chi connectivity index (χ0) is 33.5. The van der Waals surface area contributed by atoms with Gasteiger partial charge < -0.3 is 10.6 Å². The van der Waals surface area contributed by atoms with Crippen LogP contribution in [-0.2, 0) is 21.3 Å². The number of carbonyl (C=O) groups is 2. The van der Waals surface area contributed by atoms with Gasteiger partial charge in [-0.25, -0.2) is 0 Å². The first-order chi connectivity index (χ1) is 21.7. The number of benzene rings is 4. The normalized spacial score (nSPS) is 12.6. The Labute approximate surface area is 276 Å². The molecule has 9 heteroatoms. The van der Waals surface area contributed by atoms with Crippen LogP contribution in [0, 0.1) is 12.3 Å².